The molecule has 0 aliphatic carbocycles. The number of hydrogen-bond acceptors (Lipinski definition) is 3. The van der Waals surface area contributed by atoms with Crippen LogP contribution in [0.15, 0.2) is 18.2 Å². The van der Waals surface area contributed by atoms with Crippen molar-refractivity contribution in [1.82, 2.24) is 0 Å². The lowest BCUT2D eigenvalue weighted by atomic mass is 10.1. The maximum Gasteiger partial charge on any atom is 0.265 e. The normalized spacial score (nSPS) is 19.1. The summed E-state index contributed by atoms with van der Waals surface area (Å²) in [5, 5.41) is 3.30. The van der Waals surface area contributed by atoms with Gasteiger partial charge in [0.15, 0.2) is 6.10 Å². The Hall–Kier alpha value is -1.26. The van der Waals surface area contributed by atoms with Crippen molar-refractivity contribution in [2.75, 3.05) is 11.9 Å². The number of fused-ring (bicyclic) bond motifs is 1. The Morgan fingerprint density at radius 3 is 3.07 bits per heavy atom. The summed E-state index contributed by atoms with van der Waals surface area (Å²) in [7, 11) is 0. The number of ether oxygens (including phenoxy) is 1. The quantitative estimate of drug-likeness (QED) is 0.801. The molecule has 0 spiro atoms. The van der Waals surface area contributed by atoms with Gasteiger partial charge in [-0.05, 0) is 24.7 Å². The largest absolute Gasteiger partial charge is 0.478 e. The molecule has 15 heavy (non-hydrogen) atoms. The first-order valence-electron chi connectivity index (χ1n) is 4.68. The summed E-state index contributed by atoms with van der Waals surface area (Å²) in [6.45, 7) is 0.418. The summed E-state index contributed by atoms with van der Waals surface area (Å²) in [5.41, 5.74) is 6.00. The third-order valence-electron chi connectivity index (χ3n) is 2.19. The van der Waals surface area contributed by atoms with E-state index in [0.29, 0.717) is 29.4 Å². The fourth-order valence-electron chi connectivity index (χ4n) is 1.46. The molecule has 4 nitrogen and oxygen atoms in total. The topological polar surface area (TPSA) is 64.3 Å². The van der Waals surface area contributed by atoms with Crippen molar-refractivity contribution in [2.45, 2.75) is 12.5 Å². The van der Waals surface area contributed by atoms with Crippen LogP contribution in [-0.2, 0) is 4.79 Å². The van der Waals surface area contributed by atoms with Gasteiger partial charge in [-0.1, -0.05) is 11.6 Å². The highest BCUT2D eigenvalue weighted by molar-refractivity contribution is 6.31. The lowest BCUT2D eigenvalue weighted by Crippen LogP contribution is -2.38. The zero-order chi connectivity index (χ0) is 10.8. The van der Waals surface area contributed by atoms with Gasteiger partial charge >= 0.3 is 0 Å². The summed E-state index contributed by atoms with van der Waals surface area (Å²) in [6.07, 6.45) is 0.0112. The third kappa shape index (κ3) is 2.06. The Bertz CT molecular complexity index is 395. The number of halogens is 1. The van der Waals surface area contributed by atoms with E-state index >= 15 is 0 Å². The molecule has 0 aromatic heterocycles. The molecule has 1 unspecified atom stereocenters. The highest BCUT2D eigenvalue weighted by atomic mass is 35.5. The molecule has 0 fully saturated rings. The maximum atomic E-state index is 11.5. The predicted molar refractivity (Wildman–Crippen MR) is 58.2 cm³/mol. The van der Waals surface area contributed by atoms with E-state index < -0.39 is 6.10 Å². The second kappa shape index (κ2) is 4.08. The van der Waals surface area contributed by atoms with Crippen molar-refractivity contribution >= 4 is 23.2 Å². The average Bonchev–Trinajstić information content (AvgIpc) is 2.20. The fraction of sp³-hybridized carbons (Fsp3) is 0.300. The van der Waals surface area contributed by atoms with E-state index in [0.717, 1.165) is 0 Å². The van der Waals surface area contributed by atoms with Gasteiger partial charge in [0.25, 0.3) is 5.91 Å². The van der Waals surface area contributed by atoms with Crippen LogP contribution in [-0.4, -0.2) is 18.6 Å². The Balaban J connectivity index is 2.26. The summed E-state index contributed by atoms with van der Waals surface area (Å²) >= 11 is 5.80. The van der Waals surface area contributed by atoms with Gasteiger partial charge in [0.2, 0.25) is 0 Å². The first-order chi connectivity index (χ1) is 7.20. The molecule has 5 heteroatoms. The SMILES string of the molecule is NCCC1Oc2ccc(Cl)cc2NC1=O. The fourth-order valence-corrected chi connectivity index (χ4v) is 1.64. The van der Waals surface area contributed by atoms with Gasteiger partial charge in [0, 0.05) is 11.4 Å². The zero-order valence-corrected chi connectivity index (χ0v) is 8.75. The van der Waals surface area contributed by atoms with Crippen LogP contribution < -0.4 is 15.8 Å². The standard InChI is InChI=1S/C10H11ClN2O2/c11-6-1-2-8-7(5-6)13-10(14)9(15-8)3-4-12/h1-2,5,9H,3-4,12H2,(H,13,14). The number of carbonyl (C=O) groups excluding carboxylic acids is 1. The number of nitrogens with one attached hydrogen (secondary N) is 1. The summed E-state index contributed by atoms with van der Waals surface area (Å²) < 4.78 is 5.49. The minimum atomic E-state index is -0.497. The van der Waals surface area contributed by atoms with E-state index in [1.807, 2.05) is 0 Å². The Labute approximate surface area is 92.4 Å². The van der Waals surface area contributed by atoms with Crippen molar-refractivity contribution in [3.05, 3.63) is 23.2 Å². The monoisotopic (exact) mass is 226 g/mol. The molecule has 0 radical (unpaired) electrons. The molecular formula is C10H11ClN2O2. The number of anilines is 1. The van der Waals surface area contributed by atoms with Gasteiger partial charge in [-0.2, -0.15) is 0 Å². The number of nitrogens with two attached hydrogens (primary N) is 1. The highest BCUT2D eigenvalue weighted by Crippen LogP contribution is 2.32. The van der Waals surface area contributed by atoms with Gasteiger partial charge in [-0.25, -0.2) is 0 Å². The minimum absolute atomic E-state index is 0.171. The molecule has 1 atom stereocenters. The van der Waals surface area contributed by atoms with E-state index in [2.05, 4.69) is 5.32 Å². The summed E-state index contributed by atoms with van der Waals surface area (Å²) in [4.78, 5) is 11.5. The Morgan fingerprint density at radius 1 is 1.53 bits per heavy atom. The van der Waals surface area contributed by atoms with E-state index in [1.165, 1.54) is 0 Å². The van der Waals surface area contributed by atoms with Crippen molar-refractivity contribution in [3.8, 4) is 5.75 Å². The number of amides is 1. The minimum Gasteiger partial charge on any atom is -0.478 e. The van der Waals surface area contributed by atoms with Crippen LogP contribution in [0.5, 0.6) is 5.75 Å². The van der Waals surface area contributed by atoms with E-state index in [-0.39, 0.29) is 5.91 Å². The van der Waals surface area contributed by atoms with Crippen LogP contribution >= 0.6 is 11.6 Å². The summed E-state index contributed by atoms with van der Waals surface area (Å²) in [5.74, 6) is 0.465. The van der Waals surface area contributed by atoms with Crippen LogP contribution in [0.1, 0.15) is 6.42 Å². The molecule has 1 aromatic carbocycles. The van der Waals surface area contributed by atoms with Crippen molar-refractivity contribution < 1.29 is 9.53 Å². The van der Waals surface area contributed by atoms with Crippen LogP contribution in [0, 0.1) is 0 Å². The molecule has 0 bridgehead atoms. The number of carbonyl (C=O) groups is 1. The van der Waals surface area contributed by atoms with Crippen molar-refractivity contribution in [2.24, 2.45) is 5.73 Å². The smallest absolute Gasteiger partial charge is 0.265 e. The van der Waals surface area contributed by atoms with Crippen LogP contribution in [0.2, 0.25) is 5.02 Å². The van der Waals surface area contributed by atoms with Crippen LogP contribution in [0.4, 0.5) is 5.69 Å². The van der Waals surface area contributed by atoms with Gasteiger partial charge in [0.1, 0.15) is 5.75 Å². The molecule has 2 rings (SSSR count). The first-order valence-corrected chi connectivity index (χ1v) is 5.05. The van der Waals surface area contributed by atoms with Crippen LogP contribution in [0.3, 0.4) is 0 Å². The Kier molecular flexibility index (Phi) is 2.79. The number of rotatable bonds is 2. The van der Waals surface area contributed by atoms with E-state index in [4.69, 9.17) is 22.1 Å². The Morgan fingerprint density at radius 2 is 2.33 bits per heavy atom. The van der Waals surface area contributed by atoms with Gasteiger partial charge in [-0.3, -0.25) is 4.79 Å². The second-order valence-electron chi connectivity index (χ2n) is 3.31. The lowest BCUT2D eigenvalue weighted by Gasteiger charge is -2.25. The zero-order valence-electron chi connectivity index (χ0n) is 8.00. The molecule has 1 amide bonds. The molecule has 1 aliphatic heterocycles. The molecule has 3 N–H and O–H groups in total. The molecule has 1 heterocycles. The average molecular weight is 227 g/mol. The summed E-state index contributed by atoms with van der Waals surface area (Å²) in [6, 6.07) is 5.12. The molecule has 0 saturated carbocycles. The van der Waals surface area contributed by atoms with Crippen LogP contribution in [0.25, 0.3) is 0 Å². The molecule has 80 valence electrons. The molecule has 0 saturated heterocycles. The highest BCUT2D eigenvalue weighted by Gasteiger charge is 2.26. The predicted octanol–water partition coefficient (Wildman–Crippen LogP) is 1.39. The third-order valence-corrected chi connectivity index (χ3v) is 2.43. The van der Waals surface area contributed by atoms with Crippen molar-refractivity contribution in [1.29, 1.82) is 0 Å². The second-order valence-corrected chi connectivity index (χ2v) is 3.75. The number of benzene rings is 1. The van der Waals surface area contributed by atoms with E-state index in [9.17, 15) is 4.79 Å². The van der Waals surface area contributed by atoms with Gasteiger partial charge < -0.3 is 15.8 Å². The van der Waals surface area contributed by atoms with E-state index in [1.54, 1.807) is 18.2 Å². The van der Waals surface area contributed by atoms with Gasteiger partial charge in [-0.15, -0.1) is 0 Å². The van der Waals surface area contributed by atoms with Gasteiger partial charge in [0.05, 0.1) is 5.69 Å². The molecular weight excluding hydrogens is 216 g/mol. The molecule has 1 aromatic rings. The number of hydrogen-bond donors (Lipinski definition) is 2. The first kappa shape index (κ1) is 10.3. The molecule has 1 aliphatic rings. The van der Waals surface area contributed by atoms with Crippen molar-refractivity contribution in [3.63, 3.8) is 0 Å². The maximum absolute atomic E-state index is 11.5. The lowest BCUT2D eigenvalue weighted by molar-refractivity contribution is -0.123.